The maximum atomic E-state index is 12.1. The maximum Gasteiger partial charge on any atom is 0.336 e. The van der Waals surface area contributed by atoms with Gasteiger partial charge in [-0.25, -0.2) is 14.8 Å². The highest BCUT2D eigenvalue weighted by atomic mass is 16.5. The number of anilines is 2. The monoisotopic (exact) mass is 452 g/mol. The van der Waals surface area contributed by atoms with Crippen LogP contribution in [0.4, 0.5) is 11.6 Å². The summed E-state index contributed by atoms with van der Waals surface area (Å²) in [5.74, 6) is 0.138. The van der Waals surface area contributed by atoms with Crippen LogP contribution in [0, 0.1) is 6.92 Å². The summed E-state index contributed by atoms with van der Waals surface area (Å²) < 4.78 is 5.46. The number of carboxylic acids is 1. The summed E-state index contributed by atoms with van der Waals surface area (Å²) in [5.41, 5.74) is 4.79. The number of carbonyl (C=O) groups is 1. The quantitative estimate of drug-likeness (QED) is 0.265. The van der Waals surface area contributed by atoms with Crippen LogP contribution >= 0.6 is 0 Å². The third kappa shape index (κ3) is 5.45. The SMILES string of the molecule is CCOc1ccc(/C=C(/C(=O)O)c2ccc(C)c(Nc3nccc(-c4cccnc4)n3)c2)cc1. The number of aromatic nitrogens is 3. The molecule has 7 nitrogen and oxygen atoms in total. The number of rotatable bonds is 8. The Hall–Kier alpha value is -4.52. The smallest absolute Gasteiger partial charge is 0.336 e. The highest BCUT2D eigenvalue weighted by Gasteiger charge is 2.13. The standard InChI is InChI=1S/C27H24N4O3/c1-3-34-22-10-7-19(8-11-22)15-23(26(32)33)20-9-6-18(2)25(16-20)31-27-29-14-12-24(30-27)21-5-4-13-28-17-21/h4-17H,3H2,1-2H3,(H,32,33)(H,29,30,31)/b23-15+. The van der Waals surface area contributed by atoms with Crippen molar-refractivity contribution in [2.75, 3.05) is 11.9 Å². The van der Waals surface area contributed by atoms with E-state index in [-0.39, 0.29) is 5.57 Å². The molecule has 0 saturated carbocycles. The van der Waals surface area contributed by atoms with Gasteiger partial charge in [-0.2, -0.15) is 0 Å². The van der Waals surface area contributed by atoms with Crippen molar-refractivity contribution in [3.05, 3.63) is 95.9 Å². The fourth-order valence-corrected chi connectivity index (χ4v) is 3.40. The van der Waals surface area contributed by atoms with E-state index in [1.807, 2.05) is 62.4 Å². The molecular formula is C27H24N4O3. The number of pyridine rings is 1. The molecular weight excluding hydrogens is 428 g/mol. The van der Waals surface area contributed by atoms with Crippen LogP contribution in [0.25, 0.3) is 22.9 Å². The van der Waals surface area contributed by atoms with E-state index in [1.54, 1.807) is 36.8 Å². The van der Waals surface area contributed by atoms with Gasteiger partial charge >= 0.3 is 5.97 Å². The molecule has 0 aliphatic rings. The van der Waals surface area contributed by atoms with Crippen LogP contribution in [0.2, 0.25) is 0 Å². The van der Waals surface area contributed by atoms with Crippen molar-refractivity contribution < 1.29 is 14.6 Å². The fraction of sp³-hybridized carbons (Fsp3) is 0.111. The molecule has 2 aromatic heterocycles. The van der Waals surface area contributed by atoms with Crippen LogP contribution in [-0.4, -0.2) is 32.6 Å². The Balaban J connectivity index is 1.64. The molecule has 2 aromatic carbocycles. The number of aryl methyl sites for hydroxylation is 1. The number of nitrogens with zero attached hydrogens (tertiary/aromatic N) is 3. The fourth-order valence-electron chi connectivity index (χ4n) is 3.40. The molecule has 0 aliphatic heterocycles. The number of hydrogen-bond acceptors (Lipinski definition) is 6. The molecule has 0 spiro atoms. The highest BCUT2D eigenvalue weighted by molar-refractivity contribution is 6.20. The van der Waals surface area contributed by atoms with Crippen LogP contribution in [0.3, 0.4) is 0 Å². The van der Waals surface area contributed by atoms with Crippen LogP contribution in [-0.2, 0) is 4.79 Å². The molecule has 34 heavy (non-hydrogen) atoms. The van der Waals surface area contributed by atoms with E-state index in [2.05, 4.69) is 20.3 Å². The Morgan fingerprint density at radius 2 is 1.91 bits per heavy atom. The van der Waals surface area contributed by atoms with Gasteiger partial charge in [-0.05, 0) is 73.0 Å². The average Bonchev–Trinajstić information content (AvgIpc) is 2.86. The molecule has 0 fully saturated rings. The Bertz CT molecular complexity index is 1320. The number of aliphatic carboxylic acids is 1. The van der Waals surface area contributed by atoms with Gasteiger partial charge in [0.25, 0.3) is 0 Å². The molecule has 4 aromatic rings. The second-order valence-corrected chi connectivity index (χ2v) is 7.53. The number of benzene rings is 2. The first kappa shape index (κ1) is 22.7. The minimum Gasteiger partial charge on any atom is -0.494 e. The van der Waals surface area contributed by atoms with E-state index in [4.69, 9.17) is 4.74 Å². The van der Waals surface area contributed by atoms with Gasteiger partial charge in [0, 0.05) is 29.8 Å². The van der Waals surface area contributed by atoms with Crippen LogP contribution < -0.4 is 10.1 Å². The number of hydrogen-bond donors (Lipinski definition) is 2. The molecule has 0 saturated heterocycles. The summed E-state index contributed by atoms with van der Waals surface area (Å²) in [5, 5.41) is 13.1. The highest BCUT2D eigenvalue weighted by Crippen LogP contribution is 2.27. The lowest BCUT2D eigenvalue weighted by atomic mass is 10.0. The first-order valence-corrected chi connectivity index (χ1v) is 10.8. The van der Waals surface area contributed by atoms with Crippen molar-refractivity contribution >= 4 is 29.3 Å². The van der Waals surface area contributed by atoms with Gasteiger partial charge < -0.3 is 15.2 Å². The van der Waals surface area contributed by atoms with E-state index in [9.17, 15) is 9.90 Å². The molecule has 0 atom stereocenters. The molecule has 170 valence electrons. The number of ether oxygens (including phenoxy) is 1. The predicted molar refractivity (Wildman–Crippen MR) is 133 cm³/mol. The normalized spacial score (nSPS) is 11.2. The topological polar surface area (TPSA) is 97.2 Å². The second-order valence-electron chi connectivity index (χ2n) is 7.53. The van der Waals surface area contributed by atoms with Crippen molar-refractivity contribution in [2.45, 2.75) is 13.8 Å². The van der Waals surface area contributed by atoms with Gasteiger partial charge in [0.2, 0.25) is 5.95 Å². The Kier molecular flexibility index (Phi) is 6.93. The Labute approximate surface area is 197 Å². The molecule has 7 heteroatoms. The third-order valence-corrected chi connectivity index (χ3v) is 5.14. The summed E-state index contributed by atoms with van der Waals surface area (Å²) in [4.78, 5) is 25.1. The number of carboxylic acid groups (broad SMARTS) is 1. The largest absolute Gasteiger partial charge is 0.494 e. The average molecular weight is 453 g/mol. The summed E-state index contributed by atoms with van der Waals surface area (Å²) in [7, 11) is 0. The zero-order valence-corrected chi connectivity index (χ0v) is 18.9. The van der Waals surface area contributed by atoms with E-state index in [0.29, 0.717) is 18.1 Å². The summed E-state index contributed by atoms with van der Waals surface area (Å²) in [6.45, 7) is 4.43. The van der Waals surface area contributed by atoms with E-state index < -0.39 is 5.97 Å². The Morgan fingerprint density at radius 3 is 2.62 bits per heavy atom. The van der Waals surface area contributed by atoms with E-state index >= 15 is 0 Å². The predicted octanol–water partition coefficient (Wildman–Crippen LogP) is 5.61. The van der Waals surface area contributed by atoms with Crippen molar-refractivity contribution in [3.63, 3.8) is 0 Å². The van der Waals surface area contributed by atoms with Gasteiger partial charge in [0.05, 0.1) is 17.9 Å². The minimum atomic E-state index is -1.02. The van der Waals surface area contributed by atoms with Crippen molar-refractivity contribution in [3.8, 4) is 17.0 Å². The van der Waals surface area contributed by atoms with Crippen molar-refractivity contribution in [1.82, 2.24) is 15.0 Å². The maximum absolute atomic E-state index is 12.1. The van der Waals surface area contributed by atoms with Crippen molar-refractivity contribution in [1.29, 1.82) is 0 Å². The van der Waals surface area contributed by atoms with E-state index in [1.165, 1.54) is 0 Å². The van der Waals surface area contributed by atoms with Gasteiger partial charge in [0.1, 0.15) is 5.75 Å². The number of nitrogens with one attached hydrogen (secondary N) is 1. The van der Waals surface area contributed by atoms with Crippen molar-refractivity contribution in [2.24, 2.45) is 0 Å². The third-order valence-electron chi connectivity index (χ3n) is 5.14. The van der Waals surface area contributed by atoms with Gasteiger partial charge in [0.15, 0.2) is 0 Å². The molecule has 0 amide bonds. The molecule has 0 aliphatic carbocycles. The molecule has 4 rings (SSSR count). The lowest BCUT2D eigenvalue weighted by Gasteiger charge is -2.12. The summed E-state index contributed by atoms with van der Waals surface area (Å²) in [6, 6.07) is 18.4. The minimum absolute atomic E-state index is 0.178. The molecule has 0 bridgehead atoms. The summed E-state index contributed by atoms with van der Waals surface area (Å²) in [6.07, 6.45) is 6.76. The zero-order chi connectivity index (χ0) is 23.9. The van der Waals surface area contributed by atoms with Crippen LogP contribution in [0.5, 0.6) is 5.75 Å². The lowest BCUT2D eigenvalue weighted by Crippen LogP contribution is -2.03. The molecule has 2 heterocycles. The van der Waals surface area contributed by atoms with Crippen LogP contribution in [0.15, 0.2) is 79.3 Å². The van der Waals surface area contributed by atoms with Gasteiger partial charge in [-0.3, -0.25) is 4.98 Å². The second kappa shape index (κ2) is 10.4. The summed E-state index contributed by atoms with van der Waals surface area (Å²) >= 11 is 0. The molecule has 0 radical (unpaired) electrons. The van der Waals surface area contributed by atoms with E-state index in [0.717, 1.165) is 33.8 Å². The van der Waals surface area contributed by atoms with Gasteiger partial charge in [-0.15, -0.1) is 0 Å². The first-order valence-electron chi connectivity index (χ1n) is 10.8. The first-order chi connectivity index (χ1) is 16.5. The molecule has 0 unspecified atom stereocenters. The molecule has 2 N–H and O–H groups in total. The van der Waals surface area contributed by atoms with Crippen LogP contribution in [0.1, 0.15) is 23.6 Å². The Morgan fingerprint density at radius 1 is 1.09 bits per heavy atom. The van der Waals surface area contributed by atoms with Gasteiger partial charge in [-0.1, -0.05) is 24.3 Å². The lowest BCUT2D eigenvalue weighted by molar-refractivity contribution is -0.130. The zero-order valence-electron chi connectivity index (χ0n) is 18.9.